The van der Waals surface area contributed by atoms with Gasteiger partial charge in [0.15, 0.2) is 5.11 Å². The summed E-state index contributed by atoms with van der Waals surface area (Å²) in [4.78, 5) is 16.7. The molecule has 0 saturated heterocycles. The summed E-state index contributed by atoms with van der Waals surface area (Å²) in [6.45, 7) is 0. The first-order valence-corrected chi connectivity index (χ1v) is 8.81. The van der Waals surface area contributed by atoms with Crippen LogP contribution in [0.5, 0.6) is 0 Å². The highest BCUT2D eigenvalue weighted by Crippen LogP contribution is 2.21. The van der Waals surface area contributed by atoms with E-state index in [1.165, 1.54) is 0 Å². The highest BCUT2D eigenvalue weighted by molar-refractivity contribution is 7.80. The topological polar surface area (TPSA) is 58.4 Å². The van der Waals surface area contributed by atoms with Gasteiger partial charge in [-0.2, -0.15) is 0 Å². The second-order valence-corrected chi connectivity index (χ2v) is 6.35. The van der Waals surface area contributed by atoms with E-state index in [0.717, 1.165) is 22.6 Å². The van der Waals surface area contributed by atoms with E-state index in [9.17, 15) is 4.79 Å². The van der Waals surface area contributed by atoms with Crippen LogP contribution in [-0.2, 0) is 0 Å². The van der Waals surface area contributed by atoms with Crippen LogP contribution in [0.4, 0.5) is 5.69 Å². The average molecular weight is 372 g/mol. The fraction of sp³-hybridized carbons (Fsp3) is 0. The van der Waals surface area contributed by atoms with Gasteiger partial charge in [0.25, 0.3) is 5.91 Å². The predicted molar refractivity (Wildman–Crippen MR) is 111 cm³/mol. The molecule has 4 aromatic rings. The van der Waals surface area contributed by atoms with Crippen molar-refractivity contribution in [3.63, 3.8) is 0 Å². The van der Waals surface area contributed by atoms with Gasteiger partial charge in [0.2, 0.25) is 0 Å². The molecule has 4 rings (SSSR count). The second-order valence-electron chi connectivity index (χ2n) is 5.94. The van der Waals surface area contributed by atoms with E-state index in [2.05, 4.69) is 15.6 Å². The molecule has 0 aliphatic heterocycles. The number of amides is 1. The largest absolute Gasteiger partial charge is 0.332 e. The zero-order valence-corrected chi connectivity index (χ0v) is 15.1. The molecule has 1 amide bonds. The number of benzene rings is 2. The number of pyridine rings is 1. The number of nitrogens with one attached hydrogen (secondary N) is 2. The first-order chi connectivity index (χ1) is 13.2. The lowest BCUT2D eigenvalue weighted by Crippen LogP contribution is -2.34. The number of hydrogen-bond donors (Lipinski definition) is 2. The SMILES string of the molecule is O=C(NC(=S)Nc1ccc(-c2cn3ccccc3n2)cc1)c1ccccc1. The summed E-state index contributed by atoms with van der Waals surface area (Å²) >= 11 is 5.22. The minimum absolute atomic E-state index is 0.241. The number of fused-ring (bicyclic) bond motifs is 1. The molecular formula is C21H16N4OS. The molecule has 2 N–H and O–H groups in total. The lowest BCUT2D eigenvalue weighted by Gasteiger charge is -2.10. The van der Waals surface area contributed by atoms with Crippen molar-refractivity contribution in [3.8, 4) is 11.3 Å². The maximum absolute atomic E-state index is 12.1. The zero-order valence-electron chi connectivity index (χ0n) is 14.3. The molecule has 2 aromatic heterocycles. The van der Waals surface area contributed by atoms with Crippen LogP contribution in [-0.4, -0.2) is 20.4 Å². The smallest absolute Gasteiger partial charge is 0.257 e. The van der Waals surface area contributed by atoms with Crippen LogP contribution in [0, 0.1) is 0 Å². The van der Waals surface area contributed by atoms with Gasteiger partial charge in [-0.1, -0.05) is 36.4 Å². The van der Waals surface area contributed by atoms with Crippen molar-refractivity contribution in [3.05, 3.63) is 90.8 Å². The van der Waals surface area contributed by atoms with Crippen LogP contribution >= 0.6 is 12.2 Å². The van der Waals surface area contributed by atoms with Gasteiger partial charge >= 0.3 is 0 Å². The number of carbonyl (C=O) groups is 1. The lowest BCUT2D eigenvalue weighted by molar-refractivity contribution is 0.0977. The normalized spacial score (nSPS) is 10.5. The summed E-state index contributed by atoms with van der Waals surface area (Å²) in [5, 5.41) is 5.95. The molecule has 0 spiro atoms. The van der Waals surface area contributed by atoms with E-state index in [1.54, 1.807) is 12.1 Å². The molecule has 0 aliphatic rings. The number of hydrogen-bond acceptors (Lipinski definition) is 3. The Hall–Kier alpha value is -3.51. The predicted octanol–water partition coefficient (Wildman–Crippen LogP) is 4.13. The zero-order chi connectivity index (χ0) is 18.6. The lowest BCUT2D eigenvalue weighted by atomic mass is 10.1. The Bertz CT molecular complexity index is 1070. The molecule has 0 fully saturated rings. The fourth-order valence-electron chi connectivity index (χ4n) is 2.73. The first kappa shape index (κ1) is 16.9. The molecule has 0 radical (unpaired) electrons. The molecule has 5 nitrogen and oxygen atoms in total. The molecule has 0 bridgehead atoms. The van der Waals surface area contributed by atoms with E-state index in [4.69, 9.17) is 12.2 Å². The molecule has 2 heterocycles. The summed E-state index contributed by atoms with van der Waals surface area (Å²) in [5.74, 6) is -0.241. The maximum Gasteiger partial charge on any atom is 0.257 e. The third-order valence-electron chi connectivity index (χ3n) is 4.07. The Labute approximate surface area is 161 Å². The number of aromatic nitrogens is 2. The van der Waals surface area contributed by atoms with Gasteiger partial charge in [0.05, 0.1) is 5.69 Å². The van der Waals surface area contributed by atoms with Gasteiger partial charge in [-0.25, -0.2) is 4.98 Å². The van der Waals surface area contributed by atoms with Gasteiger partial charge in [-0.05, 0) is 48.6 Å². The van der Waals surface area contributed by atoms with Gasteiger partial charge < -0.3 is 9.72 Å². The Balaban J connectivity index is 1.43. The van der Waals surface area contributed by atoms with Crippen molar-refractivity contribution in [2.45, 2.75) is 0 Å². The van der Waals surface area contributed by atoms with Crippen LogP contribution in [0.25, 0.3) is 16.9 Å². The summed E-state index contributed by atoms with van der Waals surface area (Å²) in [5.41, 5.74) is 4.15. The Morgan fingerprint density at radius 1 is 0.926 bits per heavy atom. The van der Waals surface area contributed by atoms with Crippen molar-refractivity contribution < 1.29 is 4.79 Å². The molecular weight excluding hydrogens is 356 g/mol. The van der Waals surface area contributed by atoms with Gasteiger partial charge in [0.1, 0.15) is 5.65 Å². The highest BCUT2D eigenvalue weighted by atomic mass is 32.1. The third-order valence-corrected chi connectivity index (χ3v) is 4.27. The number of thiocarbonyl (C=S) groups is 1. The van der Waals surface area contributed by atoms with E-state index in [0.29, 0.717) is 5.56 Å². The summed E-state index contributed by atoms with van der Waals surface area (Å²) in [6.07, 6.45) is 3.96. The number of imidazole rings is 1. The fourth-order valence-corrected chi connectivity index (χ4v) is 2.94. The highest BCUT2D eigenvalue weighted by Gasteiger charge is 2.08. The molecule has 27 heavy (non-hydrogen) atoms. The van der Waals surface area contributed by atoms with Crippen molar-refractivity contribution in [1.82, 2.24) is 14.7 Å². The van der Waals surface area contributed by atoms with Crippen LogP contribution in [0.2, 0.25) is 0 Å². The average Bonchev–Trinajstić information content (AvgIpc) is 3.13. The Morgan fingerprint density at radius 2 is 1.67 bits per heavy atom. The van der Waals surface area contributed by atoms with Gasteiger partial charge in [-0.15, -0.1) is 0 Å². The van der Waals surface area contributed by atoms with Crippen LogP contribution in [0.1, 0.15) is 10.4 Å². The molecule has 6 heteroatoms. The van der Waals surface area contributed by atoms with E-state index >= 15 is 0 Å². The molecule has 0 unspecified atom stereocenters. The minimum Gasteiger partial charge on any atom is -0.332 e. The number of carbonyl (C=O) groups excluding carboxylic acids is 1. The molecule has 0 saturated carbocycles. The monoisotopic (exact) mass is 372 g/mol. The third kappa shape index (κ3) is 3.86. The minimum atomic E-state index is -0.241. The molecule has 0 aliphatic carbocycles. The van der Waals surface area contributed by atoms with E-state index < -0.39 is 0 Å². The van der Waals surface area contributed by atoms with Crippen molar-refractivity contribution in [2.24, 2.45) is 0 Å². The second kappa shape index (κ2) is 7.39. The summed E-state index contributed by atoms with van der Waals surface area (Å²) in [6, 6.07) is 22.6. The quantitative estimate of drug-likeness (QED) is 0.531. The Morgan fingerprint density at radius 3 is 2.41 bits per heavy atom. The van der Waals surface area contributed by atoms with Gasteiger partial charge in [0, 0.05) is 29.2 Å². The summed E-state index contributed by atoms with van der Waals surface area (Å²) < 4.78 is 1.98. The standard InChI is InChI=1S/C21H16N4OS/c26-20(16-6-2-1-3-7-16)24-21(27)22-17-11-9-15(10-12-17)18-14-25-13-5-4-8-19(25)23-18/h1-14H,(H2,22,24,26,27). The van der Waals surface area contributed by atoms with Crippen LogP contribution in [0.15, 0.2) is 85.2 Å². The van der Waals surface area contributed by atoms with Crippen molar-refractivity contribution in [2.75, 3.05) is 5.32 Å². The maximum atomic E-state index is 12.1. The van der Waals surface area contributed by atoms with E-state index in [-0.39, 0.29) is 11.0 Å². The van der Waals surface area contributed by atoms with Gasteiger partial charge in [-0.3, -0.25) is 10.1 Å². The van der Waals surface area contributed by atoms with Crippen molar-refractivity contribution >= 4 is 34.6 Å². The van der Waals surface area contributed by atoms with Crippen molar-refractivity contribution in [1.29, 1.82) is 0 Å². The summed E-state index contributed by atoms with van der Waals surface area (Å²) in [7, 11) is 0. The molecule has 0 atom stereocenters. The Kier molecular flexibility index (Phi) is 4.63. The number of nitrogens with zero attached hydrogens (tertiary/aromatic N) is 2. The number of rotatable bonds is 3. The number of anilines is 1. The van der Waals surface area contributed by atoms with Crippen LogP contribution < -0.4 is 10.6 Å². The first-order valence-electron chi connectivity index (χ1n) is 8.40. The van der Waals surface area contributed by atoms with E-state index in [1.807, 2.05) is 77.5 Å². The molecule has 132 valence electrons. The molecule has 2 aromatic carbocycles. The van der Waals surface area contributed by atoms with Crippen LogP contribution in [0.3, 0.4) is 0 Å².